The average Bonchev–Trinajstić information content (AvgIpc) is 2.96. The number of rotatable bonds is 8. The highest BCUT2D eigenvalue weighted by molar-refractivity contribution is 5.71. The Bertz CT molecular complexity index is 963. The number of nitrogens with two attached hydrogens (primary N) is 1. The van der Waals surface area contributed by atoms with Crippen molar-refractivity contribution in [1.29, 1.82) is 0 Å². The second-order valence-electron chi connectivity index (χ2n) is 6.42. The molecule has 1 aromatic carbocycles. The van der Waals surface area contributed by atoms with Gasteiger partial charge in [0.05, 0.1) is 12.7 Å². The fraction of sp³-hybridized carbons (Fsp3) is 0.389. The van der Waals surface area contributed by atoms with Crippen LogP contribution in [0.5, 0.6) is 0 Å². The molecule has 2 aromatic heterocycles. The standard InChI is InChI=1S/C18H22F2N6O/c1-2-4-11(7-21)8-22-17-23-9-15-16(25-17)26(18(27)24-15)10-12-13(19)5-3-6-14(12)20/h3,5-6,9,11H,2,4,7-8,10,21H2,1H3,(H,24,27)(H,22,23,25). The first-order valence-electron chi connectivity index (χ1n) is 8.85. The largest absolute Gasteiger partial charge is 0.354 e. The number of fused-ring (bicyclic) bond motifs is 1. The third-order valence-corrected chi connectivity index (χ3v) is 4.47. The maximum atomic E-state index is 14.0. The Morgan fingerprint density at radius 1 is 1.33 bits per heavy atom. The molecule has 0 saturated heterocycles. The molecule has 0 aliphatic carbocycles. The monoisotopic (exact) mass is 376 g/mol. The summed E-state index contributed by atoms with van der Waals surface area (Å²) in [6.45, 7) is 2.97. The van der Waals surface area contributed by atoms with Crippen molar-refractivity contribution in [2.24, 2.45) is 11.7 Å². The summed E-state index contributed by atoms with van der Waals surface area (Å²) in [5.41, 5.74) is 5.72. The van der Waals surface area contributed by atoms with Crippen LogP contribution < -0.4 is 16.7 Å². The summed E-state index contributed by atoms with van der Waals surface area (Å²) >= 11 is 0. The van der Waals surface area contributed by atoms with Crippen LogP contribution in [0.15, 0.2) is 29.2 Å². The fourth-order valence-corrected chi connectivity index (χ4v) is 2.97. The van der Waals surface area contributed by atoms with Gasteiger partial charge in [0.25, 0.3) is 0 Å². The molecule has 27 heavy (non-hydrogen) atoms. The van der Waals surface area contributed by atoms with Gasteiger partial charge in [-0.05, 0) is 31.0 Å². The predicted octanol–water partition coefficient (Wildman–Crippen LogP) is 2.23. The van der Waals surface area contributed by atoms with Crippen LogP contribution in [-0.2, 0) is 6.54 Å². The summed E-state index contributed by atoms with van der Waals surface area (Å²) in [6.07, 6.45) is 3.47. The SMILES string of the molecule is CCCC(CN)CNc1ncc2[nH]c(=O)n(Cc3c(F)cccc3F)c2n1. The molecular weight excluding hydrogens is 354 g/mol. The Morgan fingerprint density at radius 2 is 2.07 bits per heavy atom. The second-order valence-corrected chi connectivity index (χ2v) is 6.42. The van der Waals surface area contributed by atoms with Gasteiger partial charge in [-0.1, -0.05) is 19.4 Å². The molecular formula is C18H22F2N6O. The van der Waals surface area contributed by atoms with E-state index in [1.54, 1.807) is 0 Å². The zero-order valence-corrected chi connectivity index (χ0v) is 15.0. The lowest BCUT2D eigenvalue weighted by Gasteiger charge is -2.14. The number of halogens is 2. The van der Waals surface area contributed by atoms with E-state index >= 15 is 0 Å². The lowest BCUT2D eigenvalue weighted by molar-refractivity contribution is 0.512. The van der Waals surface area contributed by atoms with Crippen molar-refractivity contribution in [3.63, 3.8) is 0 Å². The van der Waals surface area contributed by atoms with Gasteiger partial charge in [-0.2, -0.15) is 4.98 Å². The molecule has 3 aromatic rings. The van der Waals surface area contributed by atoms with E-state index < -0.39 is 17.3 Å². The fourth-order valence-electron chi connectivity index (χ4n) is 2.97. The number of hydrogen-bond donors (Lipinski definition) is 3. The van der Waals surface area contributed by atoms with Crippen molar-refractivity contribution in [2.45, 2.75) is 26.3 Å². The normalized spacial score (nSPS) is 12.4. The topological polar surface area (TPSA) is 102 Å². The van der Waals surface area contributed by atoms with Crippen molar-refractivity contribution < 1.29 is 8.78 Å². The summed E-state index contributed by atoms with van der Waals surface area (Å²) in [4.78, 5) is 23.3. The van der Waals surface area contributed by atoms with Gasteiger partial charge in [0.1, 0.15) is 17.2 Å². The first kappa shape index (κ1) is 19.0. The van der Waals surface area contributed by atoms with Crippen LogP contribution in [0.3, 0.4) is 0 Å². The van der Waals surface area contributed by atoms with E-state index in [9.17, 15) is 13.6 Å². The smallest absolute Gasteiger partial charge is 0.328 e. The lowest BCUT2D eigenvalue weighted by Crippen LogP contribution is -2.23. The van der Waals surface area contributed by atoms with Crippen LogP contribution in [0, 0.1) is 17.6 Å². The molecule has 2 heterocycles. The molecule has 0 fully saturated rings. The zero-order chi connectivity index (χ0) is 19.4. The Kier molecular flexibility index (Phi) is 5.80. The molecule has 0 spiro atoms. The van der Waals surface area contributed by atoms with Crippen LogP contribution >= 0.6 is 0 Å². The minimum atomic E-state index is -0.714. The Hall–Kier alpha value is -2.81. The van der Waals surface area contributed by atoms with E-state index in [0.717, 1.165) is 25.0 Å². The molecule has 0 bridgehead atoms. The van der Waals surface area contributed by atoms with Gasteiger partial charge in [-0.25, -0.2) is 18.6 Å². The number of anilines is 1. The molecule has 0 aliphatic rings. The molecule has 3 rings (SSSR count). The maximum Gasteiger partial charge on any atom is 0.328 e. The van der Waals surface area contributed by atoms with Crippen molar-refractivity contribution in [1.82, 2.24) is 19.5 Å². The summed E-state index contributed by atoms with van der Waals surface area (Å²) in [6, 6.07) is 3.59. The van der Waals surface area contributed by atoms with Crippen LogP contribution in [0.2, 0.25) is 0 Å². The summed E-state index contributed by atoms with van der Waals surface area (Å²) in [7, 11) is 0. The molecule has 1 atom stereocenters. The van der Waals surface area contributed by atoms with Gasteiger partial charge >= 0.3 is 5.69 Å². The first-order valence-corrected chi connectivity index (χ1v) is 8.85. The Balaban J connectivity index is 1.90. The Labute approximate surface area is 154 Å². The van der Waals surface area contributed by atoms with Crippen molar-refractivity contribution in [3.05, 3.63) is 52.1 Å². The average molecular weight is 376 g/mol. The predicted molar refractivity (Wildman–Crippen MR) is 99.6 cm³/mol. The number of nitrogens with zero attached hydrogens (tertiary/aromatic N) is 3. The van der Waals surface area contributed by atoms with Gasteiger partial charge in [0, 0.05) is 12.1 Å². The second kappa shape index (κ2) is 8.26. The maximum absolute atomic E-state index is 14.0. The molecule has 0 amide bonds. The van der Waals surface area contributed by atoms with E-state index in [4.69, 9.17) is 5.73 Å². The van der Waals surface area contributed by atoms with Gasteiger partial charge in [-0.15, -0.1) is 0 Å². The highest BCUT2D eigenvalue weighted by Gasteiger charge is 2.15. The first-order chi connectivity index (χ1) is 13.0. The van der Waals surface area contributed by atoms with E-state index in [1.165, 1.54) is 16.8 Å². The number of nitrogens with one attached hydrogen (secondary N) is 2. The highest BCUT2D eigenvalue weighted by Crippen LogP contribution is 2.16. The number of H-pyrrole nitrogens is 1. The van der Waals surface area contributed by atoms with Crippen molar-refractivity contribution in [2.75, 3.05) is 18.4 Å². The van der Waals surface area contributed by atoms with Crippen LogP contribution in [0.4, 0.5) is 14.7 Å². The van der Waals surface area contributed by atoms with Gasteiger partial charge < -0.3 is 16.0 Å². The van der Waals surface area contributed by atoms with Gasteiger partial charge in [0.15, 0.2) is 5.65 Å². The number of aromatic nitrogens is 4. The van der Waals surface area contributed by atoms with E-state index in [-0.39, 0.29) is 23.7 Å². The summed E-state index contributed by atoms with van der Waals surface area (Å²) in [5.74, 6) is -0.808. The quantitative estimate of drug-likeness (QED) is 0.560. The lowest BCUT2D eigenvalue weighted by atomic mass is 10.0. The third kappa shape index (κ3) is 4.13. The highest BCUT2D eigenvalue weighted by atomic mass is 19.1. The van der Waals surface area contributed by atoms with Gasteiger partial charge in [0.2, 0.25) is 5.95 Å². The number of hydrogen-bond acceptors (Lipinski definition) is 5. The number of benzene rings is 1. The zero-order valence-electron chi connectivity index (χ0n) is 15.0. The minimum Gasteiger partial charge on any atom is -0.354 e. The van der Waals surface area contributed by atoms with Crippen LogP contribution in [0.1, 0.15) is 25.3 Å². The van der Waals surface area contributed by atoms with E-state index in [2.05, 4.69) is 27.2 Å². The molecule has 0 saturated carbocycles. The number of aromatic amines is 1. The third-order valence-electron chi connectivity index (χ3n) is 4.47. The molecule has 1 unspecified atom stereocenters. The van der Waals surface area contributed by atoms with E-state index in [1.807, 2.05) is 0 Å². The van der Waals surface area contributed by atoms with Crippen molar-refractivity contribution >= 4 is 17.1 Å². The van der Waals surface area contributed by atoms with Crippen LogP contribution in [-0.4, -0.2) is 32.6 Å². The summed E-state index contributed by atoms with van der Waals surface area (Å²) in [5, 5.41) is 3.12. The molecule has 4 N–H and O–H groups in total. The van der Waals surface area contributed by atoms with Gasteiger partial charge in [-0.3, -0.25) is 4.57 Å². The van der Waals surface area contributed by atoms with Crippen LogP contribution in [0.25, 0.3) is 11.2 Å². The molecule has 9 heteroatoms. The summed E-state index contributed by atoms with van der Waals surface area (Å²) < 4.78 is 29.1. The minimum absolute atomic E-state index is 0.195. The number of imidazole rings is 1. The molecule has 144 valence electrons. The van der Waals surface area contributed by atoms with Crippen molar-refractivity contribution in [3.8, 4) is 0 Å². The van der Waals surface area contributed by atoms with E-state index in [0.29, 0.717) is 24.6 Å². The molecule has 0 aliphatic heterocycles. The molecule has 0 radical (unpaired) electrons. The Morgan fingerprint density at radius 3 is 2.74 bits per heavy atom. The molecule has 7 nitrogen and oxygen atoms in total.